The molecular weight excluding hydrogens is 324 g/mol. The maximum absolute atomic E-state index is 6.31. The summed E-state index contributed by atoms with van der Waals surface area (Å²) < 4.78 is 18.9. The van der Waals surface area contributed by atoms with Gasteiger partial charge in [0, 0.05) is 0 Å². The third-order valence-corrected chi connectivity index (χ3v) is 5.10. The highest BCUT2D eigenvalue weighted by Crippen LogP contribution is 2.46. The molecule has 0 rings (SSSR count). The minimum absolute atomic E-state index is 0.308. The van der Waals surface area contributed by atoms with Gasteiger partial charge in [0.2, 0.25) is 0 Å². The first-order valence-electron chi connectivity index (χ1n) is 11.2. The van der Waals surface area contributed by atoms with E-state index in [9.17, 15) is 0 Å². The van der Waals surface area contributed by atoms with Crippen LogP contribution in [-0.2, 0) is 14.2 Å². The molecule has 0 aromatic carbocycles. The van der Waals surface area contributed by atoms with E-state index in [-0.39, 0.29) is 5.41 Å². The molecule has 0 fully saturated rings. The molecule has 0 radical (unpaired) electrons. The molecule has 3 nitrogen and oxygen atoms in total. The third-order valence-electron chi connectivity index (χ3n) is 5.10. The summed E-state index contributed by atoms with van der Waals surface area (Å²) in [6.45, 7) is 16.9. The predicted molar refractivity (Wildman–Crippen MR) is 112 cm³/mol. The molecule has 0 heterocycles. The van der Waals surface area contributed by atoms with Crippen LogP contribution in [0.4, 0.5) is 0 Å². The minimum Gasteiger partial charge on any atom is -0.327 e. The monoisotopic (exact) mass is 370 g/mol. The van der Waals surface area contributed by atoms with E-state index in [4.69, 9.17) is 14.2 Å². The number of hydrogen-bond donors (Lipinski definition) is 0. The van der Waals surface area contributed by atoms with Crippen molar-refractivity contribution in [3.63, 3.8) is 0 Å². The van der Waals surface area contributed by atoms with Crippen molar-refractivity contribution < 1.29 is 14.2 Å². The summed E-state index contributed by atoms with van der Waals surface area (Å²) in [6, 6.07) is 0. The van der Waals surface area contributed by atoms with Crippen LogP contribution in [0.5, 0.6) is 0 Å². The first-order chi connectivity index (χ1) is 12.6. The van der Waals surface area contributed by atoms with Gasteiger partial charge in [-0.2, -0.15) is 0 Å². The number of ether oxygens (including phenoxy) is 3. The van der Waals surface area contributed by atoms with Crippen molar-refractivity contribution in [1.82, 2.24) is 0 Å². The Morgan fingerprint density at radius 1 is 0.654 bits per heavy atom. The molecule has 1 atom stereocenters. The maximum atomic E-state index is 6.31. The largest absolute Gasteiger partial charge is 0.327 e. The van der Waals surface area contributed by atoms with E-state index in [0.29, 0.717) is 19.8 Å². The van der Waals surface area contributed by atoms with Gasteiger partial charge in [0.25, 0.3) is 5.97 Å². The van der Waals surface area contributed by atoms with Gasteiger partial charge < -0.3 is 14.2 Å². The second-order valence-corrected chi connectivity index (χ2v) is 7.33. The zero-order valence-electron chi connectivity index (χ0n) is 18.4. The Labute approximate surface area is 163 Å². The number of rotatable bonds is 19. The molecule has 156 valence electrons. The van der Waals surface area contributed by atoms with Crippen molar-refractivity contribution in [2.75, 3.05) is 19.8 Å². The van der Waals surface area contributed by atoms with Gasteiger partial charge in [0.1, 0.15) is 0 Å². The van der Waals surface area contributed by atoms with Crippen molar-refractivity contribution in [2.24, 2.45) is 5.41 Å². The van der Waals surface area contributed by atoms with E-state index in [0.717, 1.165) is 38.5 Å². The van der Waals surface area contributed by atoms with Crippen molar-refractivity contribution in [1.29, 1.82) is 0 Å². The molecule has 0 amide bonds. The van der Waals surface area contributed by atoms with Crippen LogP contribution in [0.3, 0.4) is 0 Å². The van der Waals surface area contributed by atoms with E-state index in [2.05, 4.69) is 41.2 Å². The van der Waals surface area contributed by atoms with Crippen LogP contribution < -0.4 is 0 Å². The Balaban J connectivity index is 5.30. The molecule has 0 spiro atoms. The van der Waals surface area contributed by atoms with Crippen LogP contribution in [0, 0.1) is 5.41 Å². The minimum atomic E-state index is -1.01. The molecule has 0 aromatic heterocycles. The topological polar surface area (TPSA) is 27.7 Å². The van der Waals surface area contributed by atoms with Crippen LogP contribution in [0.15, 0.2) is 12.7 Å². The van der Waals surface area contributed by atoms with E-state index in [1.165, 1.54) is 32.1 Å². The Morgan fingerprint density at radius 2 is 1.12 bits per heavy atom. The molecule has 0 saturated heterocycles. The van der Waals surface area contributed by atoms with Crippen molar-refractivity contribution in [3.05, 3.63) is 12.7 Å². The van der Waals surface area contributed by atoms with Gasteiger partial charge in [0.15, 0.2) is 0 Å². The quantitative estimate of drug-likeness (QED) is 0.136. The summed E-state index contributed by atoms with van der Waals surface area (Å²) >= 11 is 0. The van der Waals surface area contributed by atoms with Gasteiger partial charge in [-0.1, -0.05) is 79.2 Å². The van der Waals surface area contributed by atoms with Crippen molar-refractivity contribution in [3.8, 4) is 0 Å². The van der Waals surface area contributed by atoms with Gasteiger partial charge in [-0.25, -0.2) is 0 Å². The normalized spacial score (nSPS) is 14.3. The standard InChI is InChI=1S/C23H46O3/c1-7-13-14-15-16-17-18-22(11-5,12-6)23(24-19-8-2,25-20-9-3)26-21-10-4/h11H,5,7-10,12-21H2,1-4,6H3. The van der Waals surface area contributed by atoms with Gasteiger partial charge in [-0.05, 0) is 32.1 Å². The molecule has 0 bridgehead atoms. The number of hydrogen-bond acceptors (Lipinski definition) is 3. The lowest BCUT2D eigenvalue weighted by Crippen LogP contribution is -2.54. The Hall–Kier alpha value is -0.380. The molecule has 0 aliphatic carbocycles. The first-order valence-corrected chi connectivity index (χ1v) is 11.2. The lowest BCUT2D eigenvalue weighted by atomic mass is 9.77. The smallest absolute Gasteiger partial charge is 0.292 e. The molecule has 0 aromatic rings. The SMILES string of the molecule is C=CC(CC)(CCCCCCCC)C(OCCC)(OCCC)OCCC. The van der Waals surface area contributed by atoms with Crippen LogP contribution in [0.25, 0.3) is 0 Å². The van der Waals surface area contributed by atoms with E-state index >= 15 is 0 Å². The fourth-order valence-corrected chi connectivity index (χ4v) is 3.40. The first kappa shape index (κ1) is 25.6. The Kier molecular flexibility index (Phi) is 15.4. The Bertz CT molecular complexity index is 308. The lowest BCUT2D eigenvalue weighted by Gasteiger charge is -2.47. The molecule has 26 heavy (non-hydrogen) atoms. The molecule has 1 unspecified atom stereocenters. The van der Waals surface area contributed by atoms with Gasteiger partial charge in [-0.15, -0.1) is 6.58 Å². The van der Waals surface area contributed by atoms with Crippen molar-refractivity contribution in [2.45, 2.75) is 111 Å². The second-order valence-electron chi connectivity index (χ2n) is 7.33. The average Bonchev–Trinajstić information content (AvgIpc) is 2.68. The summed E-state index contributed by atoms with van der Waals surface area (Å²) in [5, 5.41) is 0. The Morgan fingerprint density at radius 3 is 1.50 bits per heavy atom. The molecule has 3 heteroatoms. The summed E-state index contributed by atoms with van der Waals surface area (Å²) in [7, 11) is 0. The van der Waals surface area contributed by atoms with Crippen molar-refractivity contribution >= 4 is 0 Å². The molecule has 0 saturated carbocycles. The highest BCUT2D eigenvalue weighted by molar-refractivity contribution is 5.01. The van der Waals surface area contributed by atoms with E-state index in [1.807, 2.05) is 6.08 Å². The van der Waals surface area contributed by atoms with Crippen LogP contribution in [0.2, 0.25) is 0 Å². The van der Waals surface area contributed by atoms with Gasteiger partial charge in [-0.3, -0.25) is 0 Å². The second kappa shape index (κ2) is 15.7. The summed E-state index contributed by atoms with van der Waals surface area (Å²) in [5.74, 6) is -1.01. The average molecular weight is 371 g/mol. The maximum Gasteiger partial charge on any atom is 0.292 e. The van der Waals surface area contributed by atoms with Gasteiger partial charge >= 0.3 is 0 Å². The zero-order valence-corrected chi connectivity index (χ0v) is 18.4. The van der Waals surface area contributed by atoms with Gasteiger partial charge in [0.05, 0.1) is 25.2 Å². The number of unbranched alkanes of at least 4 members (excludes halogenated alkanes) is 5. The summed E-state index contributed by atoms with van der Waals surface area (Å²) in [4.78, 5) is 0. The zero-order chi connectivity index (χ0) is 19.7. The van der Waals surface area contributed by atoms with Crippen LogP contribution >= 0.6 is 0 Å². The molecule has 0 aliphatic rings. The highest BCUT2D eigenvalue weighted by Gasteiger charge is 2.52. The third kappa shape index (κ3) is 8.10. The van der Waals surface area contributed by atoms with Crippen LogP contribution in [0.1, 0.15) is 105 Å². The fourth-order valence-electron chi connectivity index (χ4n) is 3.40. The molecule has 0 aliphatic heterocycles. The molecular formula is C23H46O3. The summed E-state index contributed by atoms with van der Waals surface area (Å²) in [6.07, 6.45) is 14.4. The summed E-state index contributed by atoms with van der Waals surface area (Å²) in [5.41, 5.74) is -0.308. The van der Waals surface area contributed by atoms with E-state index in [1.54, 1.807) is 0 Å². The van der Waals surface area contributed by atoms with Crippen LogP contribution in [-0.4, -0.2) is 25.8 Å². The predicted octanol–water partition coefficient (Wildman–Crippen LogP) is 7.25. The lowest BCUT2D eigenvalue weighted by molar-refractivity contribution is -0.424. The fraction of sp³-hybridized carbons (Fsp3) is 0.913. The molecule has 0 N–H and O–H groups in total. The highest BCUT2D eigenvalue weighted by atomic mass is 16.9. The van der Waals surface area contributed by atoms with E-state index < -0.39 is 5.97 Å².